The maximum atomic E-state index is 12.7. The lowest BCUT2D eigenvalue weighted by molar-refractivity contribution is -0.384. The summed E-state index contributed by atoms with van der Waals surface area (Å²) < 4.78 is 34.6. The number of furan rings is 1. The van der Waals surface area contributed by atoms with Gasteiger partial charge >= 0.3 is 0 Å². The molecule has 0 saturated heterocycles. The number of aromatic nitrogens is 3. The van der Waals surface area contributed by atoms with Gasteiger partial charge in [-0.2, -0.15) is 9.78 Å². The molecule has 0 aliphatic rings. The highest BCUT2D eigenvalue weighted by atomic mass is 32.2. The third-order valence-electron chi connectivity index (χ3n) is 3.88. The van der Waals surface area contributed by atoms with Crippen molar-refractivity contribution in [2.24, 2.45) is 0 Å². The topological polar surface area (TPSA) is 133 Å². The van der Waals surface area contributed by atoms with Crippen molar-refractivity contribution in [2.75, 3.05) is 4.72 Å². The molecular weight excluding hydrogens is 418 g/mol. The third-order valence-corrected chi connectivity index (χ3v) is 6.06. The molecule has 0 spiro atoms. The second-order valence-corrected chi connectivity index (χ2v) is 8.45. The zero-order valence-electron chi connectivity index (χ0n) is 14.8. The number of thiazole rings is 1. The Labute approximate surface area is 168 Å². The second kappa shape index (κ2) is 7.14. The average molecular weight is 431 g/mol. The minimum absolute atomic E-state index is 0.107. The normalized spacial score (nSPS) is 11.5. The summed E-state index contributed by atoms with van der Waals surface area (Å²) in [6.45, 7) is 1.72. The Balaban J connectivity index is 1.65. The predicted octanol–water partition coefficient (Wildman–Crippen LogP) is 3.61. The third kappa shape index (κ3) is 3.75. The number of nitro benzene ring substituents is 1. The molecule has 0 atom stereocenters. The van der Waals surface area contributed by atoms with Gasteiger partial charge in [-0.25, -0.2) is 13.4 Å². The quantitative estimate of drug-likeness (QED) is 0.364. The molecule has 0 saturated carbocycles. The van der Waals surface area contributed by atoms with Crippen LogP contribution in [0.15, 0.2) is 63.4 Å². The largest absolute Gasteiger partial charge is 0.463 e. The molecule has 1 N–H and O–H groups in total. The van der Waals surface area contributed by atoms with E-state index in [4.69, 9.17) is 4.42 Å². The Kier molecular flexibility index (Phi) is 4.64. The molecule has 3 heterocycles. The molecule has 0 amide bonds. The molecule has 0 bridgehead atoms. The first-order valence-corrected chi connectivity index (χ1v) is 10.5. The van der Waals surface area contributed by atoms with Gasteiger partial charge in [-0.15, -0.1) is 11.3 Å². The molecular formula is C17H13N5O5S2. The number of rotatable bonds is 6. The highest BCUT2D eigenvalue weighted by Gasteiger charge is 2.20. The molecule has 0 aliphatic heterocycles. The van der Waals surface area contributed by atoms with E-state index >= 15 is 0 Å². The van der Waals surface area contributed by atoms with E-state index in [1.54, 1.807) is 30.5 Å². The Hall–Kier alpha value is -3.51. The fraction of sp³-hybridized carbons (Fsp3) is 0.0588. The van der Waals surface area contributed by atoms with Gasteiger partial charge in [0.05, 0.1) is 21.8 Å². The number of aryl methyl sites for hydroxylation is 1. The number of hydrogen-bond donors (Lipinski definition) is 1. The summed E-state index contributed by atoms with van der Waals surface area (Å²) in [5.74, 6) is 0.783. The van der Waals surface area contributed by atoms with Crippen LogP contribution in [0, 0.1) is 17.0 Å². The summed E-state index contributed by atoms with van der Waals surface area (Å²) in [6.07, 6.45) is 1.54. The number of anilines is 1. The van der Waals surface area contributed by atoms with Gasteiger partial charge in [0.15, 0.2) is 5.76 Å². The van der Waals surface area contributed by atoms with Crippen LogP contribution < -0.4 is 4.72 Å². The van der Waals surface area contributed by atoms with Crippen molar-refractivity contribution in [2.45, 2.75) is 11.8 Å². The molecule has 10 nitrogen and oxygen atoms in total. The van der Waals surface area contributed by atoms with Crippen LogP contribution in [-0.2, 0) is 10.0 Å². The van der Waals surface area contributed by atoms with Gasteiger partial charge in [0.1, 0.15) is 11.5 Å². The van der Waals surface area contributed by atoms with E-state index in [1.165, 1.54) is 34.4 Å². The van der Waals surface area contributed by atoms with Crippen LogP contribution in [0.2, 0.25) is 0 Å². The summed E-state index contributed by atoms with van der Waals surface area (Å²) >= 11 is 1.27. The summed E-state index contributed by atoms with van der Waals surface area (Å²) in [7, 11) is -3.98. The van der Waals surface area contributed by atoms with Crippen LogP contribution in [0.5, 0.6) is 0 Å². The number of nitro groups is 1. The van der Waals surface area contributed by atoms with E-state index in [9.17, 15) is 18.5 Å². The number of nitrogens with zero attached hydrogens (tertiary/aromatic N) is 4. The van der Waals surface area contributed by atoms with Crippen LogP contribution in [0.3, 0.4) is 0 Å². The van der Waals surface area contributed by atoms with Gasteiger partial charge in [-0.1, -0.05) is 0 Å². The molecule has 4 aromatic rings. The predicted molar refractivity (Wildman–Crippen MR) is 106 cm³/mol. The van der Waals surface area contributed by atoms with Crippen LogP contribution in [-0.4, -0.2) is 28.1 Å². The SMILES string of the molecule is Cc1cc(NS(=O)(=O)c2ccc([N+](=O)[O-])cc2)n(-c2nc(-c3ccco3)cs2)n1. The van der Waals surface area contributed by atoms with E-state index in [-0.39, 0.29) is 16.4 Å². The molecule has 29 heavy (non-hydrogen) atoms. The molecule has 3 aromatic heterocycles. The summed E-state index contributed by atoms with van der Waals surface area (Å²) in [4.78, 5) is 14.5. The van der Waals surface area contributed by atoms with Gasteiger partial charge in [-0.3, -0.25) is 14.8 Å². The van der Waals surface area contributed by atoms with Gasteiger partial charge in [0.2, 0.25) is 5.13 Å². The molecule has 12 heteroatoms. The molecule has 0 fully saturated rings. The van der Waals surface area contributed by atoms with Crippen molar-refractivity contribution < 1.29 is 17.8 Å². The number of nitrogens with one attached hydrogen (secondary N) is 1. The first kappa shape index (κ1) is 18.8. The number of non-ortho nitro benzene ring substituents is 1. The highest BCUT2D eigenvalue weighted by Crippen LogP contribution is 2.27. The van der Waals surface area contributed by atoms with Crippen LogP contribution >= 0.6 is 11.3 Å². The fourth-order valence-electron chi connectivity index (χ4n) is 2.56. The summed E-state index contributed by atoms with van der Waals surface area (Å²) in [6, 6.07) is 9.69. The van der Waals surface area contributed by atoms with E-state index in [1.807, 2.05) is 0 Å². The second-order valence-electron chi connectivity index (χ2n) is 5.93. The van der Waals surface area contributed by atoms with Crippen molar-refractivity contribution in [1.82, 2.24) is 14.8 Å². The Morgan fingerprint density at radius 3 is 2.66 bits per heavy atom. The first-order chi connectivity index (χ1) is 13.8. The summed E-state index contributed by atoms with van der Waals surface area (Å²) in [5.41, 5.74) is 0.992. The lowest BCUT2D eigenvalue weighted by Gasteiger charge is -2.08. The zero-order chi connectivity index (χ0) is 20.6. The lowest BCUT2D eigenvalue weighted by atomic mass is 10.3. The van der Waals surface area contributed by atoms with E-state index in [0.29, 0.717) is 22.3 Å². The smallest absolute Gasteiger partial charge is 0.269 e. The fourth-order valence-corrected chi connectivity index (χ4v) is 4.37. The first-order valence-electron chi connectivity index (χ1n) is 8.17. The van der Waals surface area contributed by atoms with Crippen LogP contribution in [0.1, 0.15) is 5.69 Å². The average Bonchev–Trinajstić information content (AvgIpc) is 3.41. The van der Waals surface area contributed by atoms with Gasteiger partial charge in [-0.05, 0) is 31.2 Å². The molecule has 0 radical (unpaired) electrons. The Bertz CT molecular complexity index is 1270. The van der Waals surface area contributed by atoms with Crippen molar-refractivity contribution in [1.29, 1.82) is 0 Å². The molecule has 148 valence electrons. The van der Waals surface area contributed by atoms with Gasteiger partial charge < -0.3 is 4.42 Å². The number of sulfonamides is 1. The van der Waals surface area contributed by atoms with Crippen molar-refractivity contribution >= 4 is 32.9 Å². The molecule has 1 aromatic carbocycles. The maximum Gasteiger partial charge on any atom is 0.269 e. The number of hydrogen-bond acceptors (Lipinski definition) is 8. The molecule has 0 unspecified atom stereocenters. The minimum Gasteiger partial charge on any atom is -0.463 e. The van der Waals surface area contributed by atoms with Crippen molar-refractivity contribution in [3.8, 4) is 16.6 Å². The Morgan fingerprint density at radius 2 is 2.00 bits per heavy atom. The van der Waals surface area contributed by atoms with E-state index in [0.717, 1.165) is 12.1 Å². The minimum atomic E-state index is -3.98. The highest BCUT2D eigenvalue weighted by molar-refractivity contribution is 7.92. The van der Waals surface area contributed by atoms with Crippen molar-refractivity contribution in [3.05, 3.63) is 69.9 Å². The lowest BCUT2D eigenvalue weighted by Crippen LogP contribution is -2.15. The van der Waals surface area contributed by atoms with Crippen LogP contribution in [0.25, 0.3) is 16.6 Å². The van der Waals surface area contributed by atoms with Crippen molar-refractivity contribution in [3.63, 3.8) is 0 Å². The Morgan fingerprint density at radius 1 is 1.24 bits per heavy atom. The van der Waals surface area contributed by atoms with E-state index in [2.05, 4.69) is 14.8 Å². The van der Waals surface area contributed by atoms with Gasteiger partial charge in [0.25, 0.3) is 15.7 Å². The molecule has 0 aliphatic carbocycles. The summed E-state index contributed by atoms with van der Waals surface area (Å²) in [5, 5.41) is 17.3. The standard InChI is InChI=1S/C17H13N5O5S2/c1-11-9-16(20-29(25,26)13-6-4-12(5-7-13)22(23)24)21(19-11)17-18-14(10-28-17)15-3-2-8-27-15/h2-10,20H,1H3. The zero-order valence-corrected chi connectivity index (χ0v) is 16.5. The number of benzene rings is 1. The van der Waals surface area contributed by atoms with E-state index < -0.39 is 14.9 Å². The van der Waals surface area contributed by atoms with Crippen LogP contribution in [0.4, 0.5) is 11.5 Å². The maximum absolute atomic E-state index is 12.7. The monoisotopic (exact) mass is 431 g/mol. The van der Waals surface area contributed by atoms with Gasteiger partial charge in [0, 0.05) is 23.6 Å². The molecule has 4 rings (SSSR count).